The van der Waals surface area contributed by atoms with Crippen molar-refractivity contribution in [2.24, 2.45) is 5.92 Å². The zero-order valence-electron chi connectivity index (χ0n) is 9.48. The first-order valence-corrected chi connectivity index (χ1v) is 6.96. The van der Waals surface area contributed by atoms with Crippen LogP contribution >= 0.6 is 11.8 Å². The Morgan fingerprint density at radius 3 is 3.00 bits per heavy atom. The molecule has 0 radical (unpaired) electrons. The summed E-state index contributed by atoms with van der Waals surface area (Å²) in [6.07, 6.45) is 3.86. The van der Waals surface area contributed by atoms with E-state index in [-0.39, 0.29) is 0 Å². The third-order valence-corrected chi connectivity index (χ3v) is 4.33. The first kappa shape index (κ1) is 11.8. The molecule has 1 atom stereocenters. The molecule has 1 aromatic rings. The minimum absolute atomic E-state index is 0.416. The molecule has 0 saturated carbocycles. The molecule has 1 aliphatic rings. The highest BCUT2D eigenvalue weighted by atomic mass is 32.2. The van der Waals surface area contributed by atoms with E-state index in [1.807, 2.05) is 18.2 Å². The fraction of sp³-hybridized carbons (Fsp3) is 0.538. The Hall–Kier alpha value is -0.670. The minimum atomic E-state index is 0.416. The van der Waals surface area contributed by atoms with E-state index < -0.39 is 0 Å². The zero-order chi connectivity index (χ0) is 11.2. The van der Waals surface area contributed by atoms with Gasteiger partial charge in [-0.2, -0.15) is 0 Å². The Morgan fingerprint density at radius 1 is 1.25 bits per heavy atom. The molecular weight excluding hydrogens is 218 g/mol. The topological polar surface area (TPSA) is 32.3 Å². The van der Waals surface area contributed by atoms with Gasteiger partial charge in [0, 0.05) is 10.6 Å². The summed E-state index contributed by atoms with van der Waals surface area (Å²) in [7, 11) is 0. The van der Waals surface area contributed by atoms with Crippen LogP contribution in [0, 0.1) is 5.92 Å². The predicted octanol–water partition coefficient (Wildman–Crippen LogP) is 2.87. The lowest BCUT2D eigenvalue weighted by Crippen LogP contribution is -2.14. The van der Waals surface area contributed by atoms with E-state index in [1.165, 1.54) is 19.3 Å². The van der Waals surface area contributed by atoms with Gasteiger partial charge < -0.3 is 10.4 Å². The number of phenols is 1. The highest BCUT2D eigenvalue weighted by molar-refractivity contribution is 7.99. The molecule has 0 bridgehead atoms. The fourth-order valence-corrected chi connectivity index (χ4v) is 3.18. The number of thioether (sulfide) groups is 1. The fourth-order valence-electron chi connectivity index (χ4n) is 2.04. The Labute approximate surface area is 101 Å². The molecule has 0 spiro atoms. The second-order valence-corrected chi connectivity index (χ2v) is 5.39. The highest BCUT2D eigenvalue weighted by Gasteiger charge is 2.12. The quantitative estimate of drug-likeness (QED) is 0.793. The average molecular weight is 237 g/mol. The number of aromatic hydroxyl groups is 1. The lowest BCUT2D eigenvalue weighted by molar-refractivity contribution is 0.462. The van der Waals surface area contributed by atoms with E-state index >= 15 is 0 Å². The summed E-state index contributed by atoms with van der Waals surface area (Å²) in [6, 6.07) is 7.61. The third kappa shape index (κ3) is 3.42. The molecular formula is C13H19NOS. The van der Waals surface area contributed by atoms with Gasteiger partial charge in [-0.05, 0) is 50.4 Å². The Balaban J connectivity index is 1.84. The van der Waals surface area contributed by atoms with E-state index in [9.17, 15) is 5.11 Å². The van der Waals surface area contributed by atoms with Crippen LogP contribution < -0.4 is 5.32 Å². The maximum Gasteiger partial charge on any atom is 0.129 e. The summed E-state index contributed by atoms with van der Waals surface area (Å²) < 4.78 is 0. The van der Waals surface area contributed by atoms with Crippen molar-refractivity contribution in [3.05, 3.63) is 24.3 Å². The minimum Gasteiger partial charge on any atom is -0.507 e. The SMILES string of the molecule is Oc1ccccc1SCC1CCCNCC1. The van der Waals surface area contributed by atoms with Gasteiger partial charge in [-0.3, -0.25) is 0 Å². The molecule has 0 amide bonds. The van der Waals surface area contributed by atoms with Gasteiger partial charge >= 0.3 is 0 Å². The number of para-hydroxylation sites is 1. The molecule has 88 valence electrons. The van der Waals surface area contributed by atoms with Gasteiger partial charge in [-0.15, -0.1) is 11.8 Å². The number of rotatable bonds is 3. The smallest absolute Gasteiger partial charge is 0.129 e. The molecule has 1 aromatic carbocycles. The Kier molecular flexibility index (Phi) is 4.55. The summed E-state index contributed by atoms with van der Waals surface area (Å²) in [4.78, 5) is 1.01. The van der Waals surface area contributed by atoms with Crippen molar-refractivity contribution in [3.8, 4) is 5.75 Å². The zero-order valence-corrected chi connectivity index (χ0v) is 10.3. The predicted molar refractivity (Wildman–Crippen MR) is 69.0 cm³/mol. The van der Waals surface area contributed by atoms with Gasteiger partial charge in [-0.1, -0.05) is 12.1 Å². The van der Waals surface area contributed by atoms with Crippen LogP contribution in [0.25, 0.3) is 0 Å². The van der Waals surface area contributed by atoms with Crippen LogP contribution in [-0.4, -0.2) is 23.9 Å². The van der Waals surface area contributed by atoms with E-state index in [0.29, 0.717) is 5.75 Å². The largest absolute Gasteiger partial charge is 0.507 e. The van der Waals surface area contributed by atoms with Crippen molar-refractivity contribution in [2.45, 2.75) is 24.2 Å². The van der Waals surface area contributed by atoms with Crippen LogP contribution in [0.1, 0.15) is 19.3 Å². The number of benzene rings is 1. The molecule has 1 saturated heterocycles. The van der Waals surface area contributed by atoms with Crippen molar-refractivity contribution in [2.75, 3.05) is 18.8 Å². The molecule has 0 aliphatic carbocycles. The van der Waals surface area contributed by atoms with Gasteiger partial charge in [0.05, 0.1) is 0 Å². The van der Waals surface area contributed by atoms with Gasteiger partial charge in [0.2, 0.25) is 0 Å². The molecule has 2 nitrogen and oxygen atoms in total. The molecule has 1 heterocycles. The van der Waals surface area contributed by atoms with Crippen molar-refractivity contribution in [3.63, 3.8) is 0 Å². The van der Waals surface area contributed by atoms with Gasteiger partial charge in [-0.25, -0.2) is 0 Å². The van der Waals surface area contributed by atoms with E-state index in [1.54, 1.807) is 17.8 Å². The van der Waals surface area contributed by atoms with Gasteiger partial charge in [0.15, 0.2) is 0 Å². The summed E-state index contributed by atoms with van der Waals surface area (Å²) >= 11 is 1.79. The Morgan fingerprint density at radius 2 is 2.12 bits per heavy atom. The maximum absolute atomic E-state index is 9.66. The number of hydrogen-bond acceptors (Lipinski definition) is 3. The van der Waals surface area contributed by atoms with Crippen LogP contribution in [0.5, 0.6) is 5.75 Å². The second-order valence-electron chi connectivity index (χ2n) is 4.33. The van der Waals surface area contributed by atoms with Crippen LogP contribution in [0.15, 0.2) is 29.2 Å². The lowest BCUT2D eigenvalue weighted by Gasteiger charge is -2.13. The number of hydrogen-bond donors (Lipinski definition) is 2. The van der Waals surface area contributed by atoms with E-state index in [2.05, 4.69) is 5.32 Å². The van der Waals surface area contributed by atoms with Crippen LogP contribution in [-0.2, 0) is 0 Å². The molecule has 2 rings (SSSR count). The van der Waals surface area contributed by atoms with Crippen molar-refractivity contribution in [1.29, 1.82) is 0 Å². The maximum atomic E-state index is 9.66. The van der Waals surface area contributed by atoms with Crippen molar-refractivity contribution in [1.82, 2.24) is 5.32 Å². The monoisotopic (exact) mass is 237 g/mol. The summed E-state index contributed by atoms with van der Waals surface area (Å²) in [5.41, 5.74) is 0. The second kappa shape index (κ2) is 6.16. The lowest BCUT2D eigenvalue weighted by atomic mass is 10.0. The average Bonchev–Trinajstić information content (AvgIpc) is 2.56. The third-order valence-electron chi connectivity index (χ3n) is 3.04. The summed E-state index contributed by atoms with van der Waals surface area (Å²) in [5, 5.41) is 13.1. The Bertz CT molecular complexity index is 321. The van der Waals surface area contributed by atoms with Gasteiger partial charge in [0.25, 0.3) is 0 Å². The first-order valence-electron chi connectivity index (χ1n) is 5.98. The van der Waals surface area contributed by atoms with Crippen molar-refractivity contribution < 1.29 is 5.11 Å². The first-order chi connectivity index (χ1) is 7.86. The van der Waals surface area contributed by atoms with Crippen LogP contribution in [0.3, 0.4) is 0 Å². The molecule has 3 heteroatoms. The number of nitrogens with one attached hydrogen (secondary N) is 1. The molecule has 2 N–H and O–H groups in total. The highest BCUT2D eigenvalue weighted by Crippen LogP contribution is 2.31. The number of phenolic OH excluding ortho intramolecular Hbond substituents is 1. The normalized spacial score (nSPS) is 21.6. The molecule has 1 unspecified atom stereocenters. The van der Waals surface area contributed by atoms with E-state index in [0.717, 1.165) is 29.7 Å². The van der Waals surface area contributed by atoms with Crippen molar-refractivity contribution >= 4 is 11.8 Å². The molecule has 1 fully saturated rings. The summed E-state index contributed by atoms with van der Waals surface area (Å²) in [5.74, 6) is 2.33. The molecule has 0 aromatic heterocycles. The van der Waals surface area contributed by atoms with Crippen LogP contribution in [0.4, 0.5) is 0 Å². The summed E-state index contributed by atoms with van der Waals surface area (Å²) in [6.45, 7) is 2.31. The molecule has 16 heavy (non-hydrogen) atoms. The van der Waals surface area contributed by atoms with E-state index in [4.69, 9.17) is 0 Å². The standard InChI is InChI=1S/C13H19NOS/c15-12-5-1-2-6-13(12)16-10-11-4-3-8-14-9-7-11/h1-2,5-6,11,14-15H,3-4,7-10H2. The molecule has 1 aliphatic heterocycles. The van der Waals surface area contributed by atoms with Crippen LogP contribution in [0.2, 0.25) is 0 Å². The van der Waals surface area contributed by atoms with Gasteiger partial charge in [0.1, 0.15) is 5.75 Å².